The van der Waals surface area contributed by atoms with Crippen LogP contribution in [0.1, 0.15) is 0 Å². The van der Waals surface area contributed by atoms with Crippen LogP contribution < -0.4 is 4.74 Å². The number of para-hydroxylation sites is 1. The molecule has 0 N–H and O–H groups in total. The Morgan fingerprint density at radius 3 is 1.87 bits per heavy atom. The molecule has 1 rings (SSSR count). The molecule has 8 heteroatoms. The maximum absolute atomic E-state index is 11.5. The maximum atomic E-state index is 11.5. The molecule has 0 bridgehead atoms. The van der Waals surface area contributed by atoms with E-state index >= 15 is 0 Å². The smallest absolute Gasteiger partial charge is 0.573 e. The van der Waals surface area contributed by atoms with E-state index in [9.17, 15) is 13.2 Å². The molecule has 0 fully saturated rings. The second kappa shape index (κ2) is 7.05. The number of hydrogen-bond donors (Lipinski definition) is 0. The topological polar surface area (TPSA) is 32.3 Å². The van der Waals surface area contributed by atoms with E-state index in [4.69, 9.17) is 4.55 Å². The van der Waals surface area contributed by atoms with Crippen LogP contribution in [0.3, 0.4) is 0 Å². The van der Waals surface area contributed by atoms with E-state index in [2.05, 4.69) is 26.1 Å². The molecular weight excluding hydrogens is 276 g/mol. The molecule has 0 amide bonds. The van der Waals surface area contributed by atoms with E-state index < -0.39 is 16.0 Å². The SMILES string of the molecule is FC(F)(F)Oc1ccccc1.[O-][S+](Cl)Cl. The number of hydrogen-bond acceptors (Lipinski definition) is 2. The van der Waals surface area contributed by atoms with Gasteiger partial charge in [0.15, 0.2) is 31.0 Å². The largest absolute Gasteiger partial charge is 0.582 e. The van der Waals surface area contributed by atoms with Crippen molar-refractivity contribution in [1.82, 2.24) is 0 Å². The summed E-state index contributed by atoms with van der Waals surface area (Å²) in [4.78, 5) is 0. The van der Waals surface area contributed by atoms with E-state index in [0.29, 0.717) is 0 Å². The minimum atomic E-state index is -4.60. The summed E-state index contributed by atoms with van der Waals surface area (Å²) in [6.07, 6.45) is -4.60. The third kappa shape index (κ3) is 11.6. The molecule has 0 aromatic heterocycles. The molecule has 2 nitrogen and oxygen atoms in total. The second-order valence-electron chi connectivity index (χ2n) is 2.05. The van der Waals surface area contributed by atoms with Gasteiger partial charge >= 0.3 is 6.36 Å². The molecule has 0 aliphatic rings. The van der Waals surface area contributed by atoms with E-state index in [-0.39, 0.29) is 5.75 Å². The van der Waals surface area contributed by atoms with Gasteiger partial charge in [-0.2, -0.15) is 0 Å². The van der Waals surface area contributed by atoms with Crippen molar-refractivity contribution in [3.05, 3.63) is 30.3 Å². The summed E-state index contributed by atoms with van der Waals surface area (Å²) in [6, 6.07) is 7.05. The molecule has 0 heterocycles. The van der Waals surface area contributed by atoms with E-state index in [1.807, 2.05) is 0 Å². The lowest BCUT2D eigenvalue weighted by atomic mass is 10.3. The summed E-state index contributed by atoms with van der Waals surface area (Å²) in [5.41, 5.74) is 0. The van der Waals surface area contributed by atoms with Crippen molar-refractivity contribution in [2.75, 3.05) is 0 Å². The van der Waals surface area contributed by atoms with Gasteiger partial charge in [0.1, 0.15) is 5.75 Å². The Labute approximate surface area is 96.1 Å². The lowest BCUT2D eigenvalue weighted by Crippen LogP contribution is -2.16. The fourth-order valence-corrected chi connectivity index (χ4v) is 0.622. The lowest BCUT2D eigenvalue weighted by molar-refractivity contribution is -0.274. The number of benzene rings is 1. The molecule has 0 aliphatic heterocycles. The van der Waals surface area contributed by atoms with Gasteiger partial charge < -0.3 is 9.29 Å². The quantitative estimate of drug-likeness (QED) is 0.736. The van der Waals surface area contributed by atoms with Crippen LogP contribution in [0.2, 0.25) is 0 Å². The highest BCUT2D eigenvalue weighted by Crippen LogP contribution is 2.21. The predicted molar refractivity (Wildman–Crippen MR) is 53.0 cm³/mol. The minimum absolute atomic E-state index is 0.194. The summed E-state index contributed by atoms with van der Waals surface area (Å²) in [7, 11) is 7.36. The van der Waals surface area contributed by atoms with Crippen LogP contribution in [-0.4, -0.2) is 10.9 Å². The second-order valence-corrected chi connectivity index (χ2v) is 4.57. The Balaban J connectivity index is 0.000000423. The fourth-order valence-electron chi connectivity index (χ4n) is 0.622. The van der Waals surface area contributed by atoms with Crippen LogP contribution in [0.4, 0.5) is 13.2 Å². The highest BCUT2D eigenvalue weighted by molar-refractivity contribution is 8.31. The van der Waals surface area contributed by atoms with Gasteiger partial charge in [-0.05, 0) is 12.1 Å². The number of ether oxygens (including phenoxy) is 1. The first kappa shape index (κ1) is 14.7. The van der Waals surface area contributed by atoms with Gasteiger partial charge in [0.25, 0.3) is 0 Å². The minimum Gasteiger partial charge on any atom is -0.582 e. The van der Waals surface area contributed by atoms with Crippen molar-refractivity contribution in [3.63, 3.8) is 0 Å². The van der Waals surface area contributed by atoms with E-state index in [0.717, 1.165) is 0 Å². The molecule has 86 valence electrons. The van der Waals surface area contributed by atoms with Crippen LogP contribution in [0.5, 0.6) is 5.75 Å². The third-order valence-electron chi connectivity index (χ3n) is 0.977. The highest BCUT2D eigenvalue weighted by Gasteiger charge is 2.30. The highest BCUT2D eigenvalue weighted by atomic mass is 36.0. The fraction of sp³-hybridized carbons (Fsp3) is 0.143. The Morgan fingerprint density at radius 1 is 1.13 bits per heavy atom. The first-order valence-corrected chi connectivity index (χ1v) is 6.16. The standard InChI is InChI=1S/C7H5F3O.Cl2OS/c8-7(9,10)11-6-4-2-1-3-5-6;1-4(2)3/h1-5H;. The molecule has 0 spiro atoms. The molecule has 0 radical (unpaired) electrons. The van der Waals surface area contributed by atoms with Crippen molar-refractivity contribution in [1.29, 1.82) is 0 Å². The normalized spacial score (nSPS) is 10.6. The van der Waals surface area contributed by atoms with Gasteiger partial charge in [-0.25, -0.2) is 0 Å². The lowest BCUT2D eigenvalue weighted by Gasteiger charge is -2.07. The number of rotatable bonds is 1. The molecule has 1 aromatic carbocycles. The molecule has 0 atom stereocenters. The molecule has 0 saturated heterocycles. The maximum Gasteiger partial charge on any atom is 0.573 e. The van der Waals surface area contributed by atoms with Crippen LogP contribution in [0.25, 0.3) is 0 Å². The first-order chi connectivity index (χ1) is 6.81. The monoisotopic (exact) mass is 280 g/mol. The zero-order chi connectivity index (χ0) is 11.9. The van der Waals surface area contributed by atoms with Crippen LogP contribution in [-0.2, 0) is 9.60 Å². The summed E-state index contributed by atoms with van der Waals surface area (Å²) in [5.74, 6) is -0.194. The van der Waals surface area contributed by atoms with E-state index in [1.54, 1.807) is 6.07 Å². The molecular formula is C7H5Cl2F3O2S. The molecule has 0 saturated carbocycles. The summed E-state index contributed by atoms with van der Waals surface area (Å²) < 4.78 is 47.2. The average molecular weight is 281 g/mol. The Morgan fingerprint density at radius 2 is 1.53 bits per heavy atom. The predicted octanol–water partition coefficient (Wildman–Crippen LogP) is 3.63. The van der Waals surface area contributed by atoms with Crippen molar-refractivity contribution >= 4 is 31.0 Å². The Hall–Kier alpha value is -0.300. The molecule has 15 heavy (non-hydrogen) atoms. The third-order valence-corrected chi connectivity index (χ3v) is 0.977. The van der Waals surface area contributed by atoms with Crippen molar-refractivity contribution in [3.8, 4) is 5.75 Å². The van der Waals surface area contributed by atoms with Gasteiger partial charge in [0.2, 0.25) is 0 Å². The Kier molecular flexibility index (Phi) is 6.91. The first-order valence-electron chi connectivity index (χ1n) is 3.36. The van der Waals surface area contributed by atoms with Gasteiger partial charge in [-0.3, -0.25) is 0 Å². The van der Waals surface area contributed by atoms with Crippen molar-refractivity contribution in [2.45, 2.75) is 6.36 Å². The van der Waals surface area contributed by atoms with Crippen molar-refractivity contribution < 1.29 is 22.5 Å². The summed E-state index contributed by atoms with van der Waals surface area (Å²) in [6.45, 7) is 0. The zero-order valence-electron chi connectivity index (χ0n) is 7.00. The average Bonchev–Trinajstić information content (AvgIpc) is 2.01. The molecule has 0 unspecified atom stereocenters. The summed E-state index contributed by atoms with van der Waals surface area (Å²) in [5, 5.41) is 0. The van der Waals surface area contributed by atoms with Crippen LogP contribution in [0.15, 0.2) is 30.3 Å². The Bertz CT molecular complexity index is 266. The van der Waals surface area contributed by atoms with Gasteiger partial charge in [0.05, 0.1) is 0 Å². The van der Waals surface area contributed by atoms with Gasteiger partial charge in [-0.15, -0.1) is 13.2 Å². The summed E-state index contributed by atoms with van der Waals surface area (Å²) >= 11 is 0. The van der Waals surface area contributed by atoms with Crippen LogP contribution in [0, 0.1) is 0 Å². The van der Waals surface area contributed by atoms with Gasteiger partial charge in [0, 0.05) is 0 Å². The number of halogens is 5. The van der Waals surface area contributed by atoms with E-state index in [1.165, 1.54) is 24.3 Å². The molecule has 1 aromatic rings. The number of alkyl halides is 3. The zero-order valence-corrected chi connectivity index (χ0v) is 9.33. The van der Waals surface area contributed by atoms with Gasteiger partial charge in [-0.1, -0.05) is 18.2 Å². The van der Waals surface area contributed by atoms with Crippen LogP contribution >= 0.6 is 21.4 Å². The van der Waals surface area contributed by atoms with Crippen molar-refractivity contribution in [2.24, 2.45) is 0 Å². The molecule has 0 aliphatic carbocycles.